The number of hydrogen-bond acceptors (Lipinski definition) is 3. The van der Waals surface area contributed by atoms with Crippen molar-refractivity contribution in [3.8, 4) is 6.07 Å². The number of benzene rings is 1. The van der Waals surface area contributed by atoms with Crippen LogP contribution in [0.15, 0.2) is 28.7 Å². The number of anilines is 1. The fourth-order valence-corrected chi connectivity index (χ4v) is 2.68. The summed E-state index contributed by atoms with van der Waals surface area (Å²) in [5, 5.41) is 8.98. The van der Waals surface area contributed by atoms with Gasteiger partial charge in [-0.3, -0.25) is 4.90 Å². The van der Waals surface area contributed by atoms with Crippen molar-refractivity contribution in [3.63, 3.8) is 0 Å². The molecule has 0 bridgehead atoms. The fraction of sp³-hybridized carbons (Fsp3) is 0.500. The predicted molar refractivity (Wildman–Crippen MR) is 77.6 cm³/mol. The first-order valence-electron chi connectivity index (χ1n) is 6.21. The van der Waals surface area contributed by atoms with E-state index in [-0.39, 0.29) is 6.04 Å². The van der Waals surface area contributed by atoms with Crippen molar-refractivity contribution in [2.75, 3.05) is 25.0 Å². The van der Waals surface area contributed by atoms with Gasteiger partial charge in [0, 0.05) is 29.3 Å². The van der Waals surface area contributed by atoms with Gasteiger partial charge in [-0.1, -0.05) is 15.9 Å². The van der Waals surface area contributed by atoms with Crippen LogP contribution in [-0.4, -0.2) is 37.1 Å². The van der Waals surface area contributed by atoms with Gasteiger partial charge >= 0.3 is 0 Å². The lowest BCUT2D eigenvalue weighted by Crippen LogP contribution is -2.56. The molecule has 1 aliphatic rings. The van der Waals surface area contributed by atoms with Crippen molar-refractivity contribution in [3.05, 3.63) is 28.7 Å². The van der Waals surface area contributed by atoms with Crippen LogP contribution < -0.4 is 4.90 Å². The van der Waals surface area contributed by atoms with Crippen LogP contribution in [0.1, 0.15) is 13.3 Å². The number of nitrogens with zero attached hydrogens (tertiary/aromatic N) is 3. The van der Waals surface area contributed by atoms with Crippen LogP contribution in [-0.2, 0) is 0 Å². The molecule has 96 valence electrons. The summed E-state index contributed by atoms with van der Waals surface area (Å²) in [5.41, 5.74) is 1.21. The third-order valence-corrected chi connectivity index (χ3v) is 4.17. The largest absolute Gasteiger partial charge is 0.365 e. The lowest BCUT2D eigenvalue weighted by molar-refractivity contribution is 0.201. The number of nitriles is 1. The summed E-state index contributed by atoms with van der Waals surface area (Å²) in [4.78, 5) is 4.69. The molecule has 0 amide bonds. The van der Waals surface area contributed by atoms with Gasteiger partial charge in [-0.05, 0) is 38.2 Å². The summed E-state index contributed by atoms with van der Waals surface area (Å²) < 4.78 is 1.09. The number of halogens is 1. The van der Waals surface area contributed by atoms with Gasteiger partial charge in [0.2, 0.25) is 0 Å². The maximum atomic E-state index is 8.98. The van der Waals surface area contributed by atoms with E-state index in [0.29, 0.717) is 12.5 Å². The summed E-state index contributed by atoms with van der Waals surface area (Å²) in [6.07, 6.45) is 0.577. The summed E-state index contributed by atoms with van der Waals surface area (Å²) in [6.45, 7) is 4.16. The Hall–Kier alpha value is -1.05. The molecule has 1 saturated heterocycles. The van der Waals surface area contributed by atoms with E-state index in [1.54, 1.807) is 0 Å². The van der Waals surface area contributed by atoms with E-state index in [1.807, 2.05) is 0 Å². The molecule has 1 heterocycles. The van der Waals surface area contributed by atoms with Gasteiger partial charge in [0.1, 0.15) is 0 Å². The Bertz CT molecular complexity index is 437. The Kier molecular flexibility index (Phi) is 4.26. The minimum absolute atomic E-state index is 0.289. The van der Waals surface area contributed by atoms with Gasteiger partial charge < -0.3 is 4.90 Å². The summed E-state index contributed by atoms with van der Waals surface area (Å²) in [7, 11) is 2.13. The van der Waals surface area contributed by atoms with Crippen LogP contribution in [0, 0.1) is 11.3 Å². The molecule has 18 heavy (non-hydrogen) atoms. The SMILES string of the molecule is CC1CN(c2ccc(Br)cc2)C(CC#N)CN1C. The molecule has 0 aromatic heterocycles. The molecule has 1 fully saturated rings. The molecule has 2 unspecified atom stereocenters. The van der Waals surface area contributed by atoms with Crippen LogP contribution in [0.5, 0.6) is 0 Å². The predicted octanol–water partition coefficient (Wildman–Crippen LogP) is 2.87. The number of rotatable bonds is 2. The summed E-state index contributed by atoms with van der Waals surface area (Å²) >= 11 is 3.46. The highest BCUT2D eigenvalue weighted by Gasteiger charge is 2.29. The molecule has 0 radical (unpaired) electrons. The Morgan fingerprint density at radius 1 is 1.33 bits per heavy atom. The first-order valence-corrected chi connectivity index (χ1v) is 7.00. The van der Waals surface area contributed by atoms with E-state index < -0.39 is 0 Å². The second kappa shape index (κ2) is 5.73. The van der Waals surface area contributed by atoms with Crippen molar-refractivity contribution in [1.29, 1.82) is 5.26 Å². The van der Waals surface area contributed by atoms with E-state index in [2.05, 4.69) is 70.0 Å². The van der Waals surface area contributed by atoms with Gasteiger partial charge in [0.15, 0.2) is 0 Å². The van der Waals surface area contributed by atoms with E-state index in [9.17, 15) is 0 Å². The lowest BCUT2D eigenvalue weighted by atomic mass is 10.0. The lowest BCUT2D eigenvalue weighted by Gasteiger charge is -2.44. The third-order valence-electron chi connectivity index (χ3n) is 3.64. The van der Waals surface area contributed by atoms with Gasteiger partial charge in [0.05, 0.1) is 18.5 Å². The van der Waals surface area contributed by atoms with Crippen LogP contribution >= 0.6 is 15.9 Å². The van der Waals surface area contributed by atoms with Gasteiger partial charge in [-0.25, -0.2) is 0 Å². The van der Waals surface area contributed by atoms with E-state index in [4.69, 9.17) is 5.26 Å². The molecule has 0 saturated carbocycles. The third kappa shape index (κ3) is 2.85. The van der Waals surface area contributed by atoms with Crippen LogP contribution in [0.2, 0.25) is 0 Å². The molecule has 3 nitrogen and oxygen atoms in total. The fourth-order valence-electron chi connectivity index (χ4n) is 2.41. The average Bonchev–Trinajstić information content (AvgIpc) is 2.35. The molecule has 1 aliphatic heterocycles. The van der Waals surface area contributed by atoms with E-state index in [1.165, 1.54) is 5.69 Å². The second-order valence-electron chi connectivity index (χ2n) is 4.93. The van der Waals surface area contributed by atoms with Gasteiger partial charge in [-0.15, -0.1) is 0 Å². The molecule has 1 aromatic rings. The molecular formula is C14H18BrN3. The summed E-state index contributed by atoms with van der Waals surface area (Å²) in [6, 6.07) is 11.5. The average molecular weight is 308 g/mol. The molecule has 2 atom stereocenters. The van der Waals surface area contributed by atoms with Crippen LogP contribution in [0.25, 0.3) is 0 Å². The minimum Gasteiger partial charge on any atom is -0.365 e. The van der Waals surface area contributed by atoms with Crippen LogP contribution in [0.3, 0.4) is 0 Å². The van der Waals surface area contributed by atoms with E-state index >= 15 is 0 Å². The maximum Gasteiger partial charge on any atom is 0.0643 e. The molecule has 0 N–H and O–H groups in total. The molecule has 1 aromatic carbocycles. The molecule has 2 rings (SSSR count). The zero-order chi connectivity index (χ0) is 13.1. The van der Waals surface area contributed by atoms with Gasteiger partial charge in [0.25, 0.3) is 0 Å². The maximum absolute atomic E-state index is 8.98. The van der Waals surface area contributed by atoms with Crippen molar-refractivity contribution in [2.45, 2.75) is 25.4 Å². The number of hydrogen-bond donors (Lipinski definition) is 0. The Morgan fingerprint density at radius 2 is 2.00 bits per heavy atom. The highest BCUT2D eigenvalue weighted by Crippen LogP contribution is 2.25. The standard InChI is InChI=1S/C14H18BrN3/c1-11-9-18(13-5-3-12(15)4-6-13)14(7-8-16)10-17(11)2/h3-6,11,14H,7,9-10H2,1-2H3. The molecule has 0 spiro atoms. The Balaban J connectivity index is 2.22. The normalized spacial score (nSPS) is 24.9. The first-order chi connectivity index (χ1) is 8.61. The Labute approximate surface area is 117 Å². The monoisotopic (exact) mass is 307 g/mol. The topological polar surface area (TPSA) is 30.3 Å². The zero-order valence-corrected chi connectivity index (χ0v) is 12.4. The summed E-state index contributed by atoms with van der Waals surface area (Å²) in [5.74, 6) is 0. The molecule has 4 heteroatoms. The van der Waals surface area contributed by atoms with Crippen molar-refractivity contribution in [1.82, 2.24) is 4.90 Å². The van der Waals surface area contributed by atoms with Crippen molar-refractivity contribution < 1.29 is 0 Å². The smallest absolute Gasteiger partial charge is 0.0643 e. The van der Waals surface area contributed by atoms with E-state index in [0.717, 1.165) is 17.6 Å². The number of piperazine rings is 1. The van der Waals surface area contributed by atoms with Gasteiger partial charge in [-0.2, -0.15) is 5.26 Å². The Morgan fingerprint density at radius 3 is 2.61 bits per heavy atom. The quantitative estimate of drug-likeness (QED) is 0.841. The number of likely N-dealkylation sites (N-methyl/N-ethyl adjacent to an activating group) is 1. The van der Waals surface area contributed by atoms with Crippen molar-refractivity contribution >= 4 is 21.6 Å². The first kappa shape index (κ1) is 13.4. The zero-order valence-electron chi connectivity index (χ0n) is 10.8. The molecular weight excluding hydrogens is 290 g/mol. The molecule has 0 aliphatic carbocycles. The highest BCUT2D eigenvalue weighted by atomic mass is 79.9. The minimum atomic E-state index is 0.289. The van der Waals surface area contributed by atoms with Crippen LogP contribution in [0.4, 0.5) is 5.69 Å². The van der Waals surface area contributed by atoms with Crippen molar-refractivity contribution in [2.24, 2.45) is 0 Å². The second-order valence-corrected chi connectivity index (χ2v) is 5.85. The highest BCUT2D eigenvalue weighted by molar-refractivity contribution is 9.10.